The van der Waals surface area contributed by atoms with E-state index in [1.807, 2.05) is 0 Å². The highest BCUT2D eigenvalue weighted by molar-refractivity contribution is 5.77. The van der Waals surface area contributed by atoms with Gasteiger partial charge in [-0.3, -0.25) is 4.99 Å². The number of rotatable bonds is 5. The van der Waals surface area contributed by atoms with E-state index < -0.39 is 0 Å². The van der Waals surface area contributed by atoms with Crippen LogP contribution < -0.4 is 11.1 Å². The Morgan fingerprint density at radius 2 is 2.06 bits per heavy atom. The van der Waals surface area contributed by atoms with Crippen molar-refractivity contribution in [2.24, 2.45) is 22.6 Å². The van der Waals surface area contributed by atoms with Crippen molar-refractivity contribution in [2.75, 3.05) is 32.7 Å². The number of nitrogens with two attached hydrogens (primary N) is 1. The van der Waals surface area contributed by atoms with E-state index in [1.54, 1.807) is 0 Å². The molecule has 3 N–H and O–H groups in total. The van der Waals surface area contributed by atoms with Gasteiger partial charge in [0.25, 0.3) is 0 Å². The maximum absolute atomic E-state index is 5.82. The van der Waals surface area contributed by atoms with Crippen molar-refractivity contribution in [3.05, 3.63) is 0 Å². The quantitative estimate of drug-likeness (QED) is 0.562. The molecule has 0 aromatic rings. The van der Waals surface area contributed by atoms with Crippen LogP contribution in [0.5, 0.6) is 0 Å². The number of aliphatic imine (C=N–C) groups is 1. The summed E-state index contributed by atoms with van der Waals surface area (Å²) in [5, 5.41) is 3.25. The predicted octanol–water partition coefficient (Wildman–Crippen LogP) is 1.28. The lowest BCUT2D eigenvalue weighted by Crippen LogP contribution is -2.40. The molecule has 1 saturated heterocycles. The summed E-state index contributed by atoms with van der Waals surface area (Å²) in [6.07, 6.45) is 2.55. The van der Waals surface area contributed by atoms with Gasteiger partial charge in [0.15, 0.2) is 5.96 Å². The molecular formula is C13H28N4. The Labute approximate surface area is 106 Å². The van der Waals surface area contributed by atoms with Gasteiger partial charge < -0.3 is 16.0 Å². The molecule has 1 fully saturated rings. The van der Waals surface area contributed by atoms with Crippen molar-refractivity contribution >= 4 is 5.96 Å². The highest BCUT2D eigenvalue weighted by Gasteiger charge is 2.17. The second-order valence-corrected chi connectivity index (χ2v) is 5.38. The van der Waals surface area contributed by atoms with E-state index in [2.05, 4.69) is 36.0 Å². The van der Waals surface area contributed by atoms with Crippen LogP contribution in [-0.4, -0.2) is 43.6 Å². The maximum Gasteiger partial charge on any atom is 0.188 e. The summed E-state index contributed by atoms with van der Waals surface area (Å²) >= 11 is 0. The van der Waals surface area contributed by atoms with Gasteiger partial charge in [0.2, 0.25) is 0 Å². The molecule has 1 aliphatic heterocycles. The number of hydrogen-bond acceptors (Lipinski definition) is 2. The minimum Gasteiger partial charge on any atom is -0.370 e. The van der Waals surface area contributed by atoms with Crippen molar-refractivity contribution in [3.63, 3.8) is 0 Å². The first kappa shape index (κ1) is 14.3. The molecule has 0 spiro atoms. The van der Waals surface area contributed by atoms with Gasteiger partial charge in [-0.15, -0.1) is 0 Å². The summed E-state index contributed by atoms with van der Waals surface area (Å²) in [6.45, 7) is 12.0. The van der Waals surface area contributed by atoms with Crippen LogP contribution >= 0.6 is 0 Å². The highest BCUT2D eigenvalue weighted by Crippen LogP contribution is 2.15. The van der Waals surface area contributed by atoms with E-state index in [9.17, 15) is 0 Å². The second-order valence-electron chi connectivity index (χ2n) is 5.38. The summed E-state index contributed by atoms with van der Waals surface area (Å²) in [6, 6.07) is 0. The average molecular weight is 240 g/mol. The average Bonchev–Trinajstić information content (AvgIpc) is 2.34. The smallest absolute Gasteiger partial charge is 0.188 e. The molecule has 4 heteroatoms. The monoisotopic (exact) mass is 240 g/mol. The van der Waals surface area contributed by atoms with Gasteiger partial charge in [0.1, 0.15) is 0 Å². The Balaban J connectivity index is 2.16. The van der Waals surface area contributed by atoms with Gasteiger partial charge in [-0.25, -0.2) is 0 Å². The van der Waals surface area contributed by atoms with Crippen molar-refractivity contribution < 1.29 is 0 Å². The largest absolute Gasteiger partial charge is 0.370 e. The molecule has 0 aromatic carbocycles. The van der Waals surface area contributed by atoms with Crippen molar-refractivity contribution in [1.82, 2.24) is 10.2 Å². The number of piperidine rings is 1. The van der Waals surface area contributed by atoms with E-state index >= 15 is 0 Å². The van der Waals surface area contributed by atoms with Gasteiger partial charge in [-0.2, -0.15) is 0 Å². The van der Waals surface area contributed by atoms with Crippen LogP contribution in [0.3, 0.4) is 0 Å². The normalized spacial score (nSPS) is 19.9. The van der Waals surface area contributed by atoms with E-state index in [0.29, 0.717) is 11.9 Å². The lowest BCUT2D eigenvalue weighted by molar-refractivity contribution is 0.193. The van der Waals surface area contributed by atoms with Crippen LogP contribution in [-0.2, 0) is 0 Å². The first-order valence-electron chi connectivity index (χ1n) is 6.88. The van der Waals surface area contributed by atoms with Gasteiger partial charge in [-0.05, 0) is 44.3 Å². The summed E-state index contributed by atoms with van der Waals surface area (Å²) in [5.74, 6) is 1.94. The lowest BCUT2D eigenvalue weighted by atomic mass is 9.97. The predicted molar refractivity (Wildman–Crippen MR) is 74.2 cm³/mol. The zero-order chi connectivity index (χ0) is 12.7. The van der Waals surface area contributed by atoms with Crippen LogP contribution in [0.4, 0.5) is 0 Å². The lowest BCUT2D eigenvalue weighted by Gasteiger charge is -2.31. The zero-order valence-corrected chi connectivity index (χ0v) is 11.6. The fourth-order valence-corrected chi connectivity index (χ4v) is 2.09. The third-order valence-corrected chi connectivity index (χ3v) is 3.35. The minimum atomic E-state index is 0.572. The van der Waals surface area contributed by atoms with Crippen molar-refractivity contribution in [1.29, 1.82) is 0 Å². The molecule has 100 valence electrons. The molecule has 0 atom stereocenters. The SMILES string of the molecule is CCN1CCC(CNC(N)=NCC(C)C)CC1. The molecule has 1 rings (SSSR count). The molecule has 4 nitrogen and oxygen atoms in total. The van der Waals surface area contributed by atoms with Crippen LogP contribution in [0.2, 0.25) is 0 Å². The van der Waals surface area contributed by atoms with E-state index in [1.165, 1.54) is 32.5 Å². The molecule has 0 radical (unpaired) electrons. The van der Waals surface area contributed by atoms with Crippen LogP contribution in [0.1, 0.15) is 33.6 Å². The van der Waals surface area contributed by atoms with E-state index in [4.69, 9.17) is 5.73 Å². The Hall–Kier alpha value is -0.770. The molecule has 0 aliphatic carbocycles. The van der Waals surface area contributed by atoms with Gasteiger partial charge >= 0.3 is 0 Å². The number of likely N-dealkylation sites (tertiary alicyclic amines) is 1. The number of nitrogens with zero attached hydrogens (tertiary/aromatic N) is 2. The van der Waals surface area contributed by atoms with Gasteiger partial charge in [0, 0.05) is 13.1 Å². The molecule has 0 aromatic heterocycles. The summed E-state index contributed by atoms with van der Waals surface area (Å²) < 4.78 is 0. The maximum atomic E-state index is 5.82. The third-order valence-electron chi connectivity index (χ3n) is 3.35. The number of nitrogens with one attached hydrogen (secondary N) is 1. The van der Waals surface area contributed by atoms with Crippen LogP contribution in [0, 0.1) is 11.8 Å². The van der Waals surface area contributed by atoms with Crippen LogP contribution in [0.15, 0.2) is 4.99 Å². The number of guanidine groups is 1. The molecular weight excluding hydrogens is 212 g/mol. The van der Waals surface area contributed by atoms with E-state index in [0.717, 1.165) is 19.0 Å². The standard InChI is InChI=1S/C13H28N4/c1-4-17-7-5-12(6-8-17)10-16-13(14)15-9-11(2)3/h11-12H,4-10H2,1-3H3,(H3,14,15,16). The Kier molecular flexibility index (Phi) is 6.34. The second kappa shape index (κ2) is 7.54. The molecule has 1 heterocycles. The summed E-state index contributed by atoms with van der Waals surface area (Å²) in [4.78, 5) is 6.82. The Morgan fingerprint density at radius 1 is 1.41 bits per heavy atom. The third kappa shape index (κ3) is 5.91. The van der Waals surface area contributed by atoms with Crippen LogP contribution in [0.25, 0.3) is 0 Å². The Bertz CT molecular complexity index is 230. The molecule has 17 heavy (non-hydrogen) atoms. The number of hydrogen-bond donors (Lipinski definition) is 2. The summed E-state index contributed by atoms with van der Waals surface area (Å²) in [7, 11) is 0. The summed E-state index contributed by atoms with van der Waals surface area (Å²) in [5.41, 5.74) is 5.82. The molecule has 0 saturated carbocycles. The fraction of sp³-hybridized carbons (Fsp3) is 0.923. The minimum absolute atomic E-state index is 0.572. The van der Waals surface area contributed by atoms with Gasteiger partial charge in [0.05, 0.1) is 0 Å². The topological polar surface area (TPSA) is 53.6 Å². The molecule has 1 aliphatic rings. The zero-order valence-electron chi connectivity index (χ0n) is 11.6. The highest BCUT2D eigenvalue weighted by atomic mass is 15.1. The Morgan fingerprint density at radius 3 is 2.59 bits per heavy atom. The molecule has 0 amide bonds. The van der Waals surface area contributed by atoms with Gasteiger partial charge in [-0.1, -0.05) is 20.8 Å². The van der Waals surface area contributed by atoms with Crippen molar-refractivity contribution in [3.8, 4) is 0 Å². The first-order chi connectivity index (χ1) is 8.11. The fourth-order valence-electron chi connectivity index (χ4n) is 2.09. The molecule has 0 bridgehead atoms. The van der Waals surface area contributed by atoms with Crippen molar-refractivity contribution in [2.45, 2.75) is 33.6 Å². The van der Waals surface area contributed by atoms with E-state index in [-0.39, 0.29) is 0 Å². The molecule has 0 unspecified atom stereocenters. The first-order valence-corrected chi connectivity index (χ1v) is 6.88.